The molecule has 1 aliphatic rings. The molecule has 1 aliphatic carbocycles. The summed E-state index contributed by atoms with van der Waals surface area (Å²) >= 11 is 0. The van der Waals surface area contributed by atoms with Gasteiger partial charge in [-0.25, -0.2) is 0 Å². The zero-order chi connectivity index (χ0) is 23.1. The van der Waals surface area contributed by atoms with Crippen molar-refractivity contribution in [1.82, 2.24) is 0 Å². The standard InChI is InChI=1S/C28H36O4/c1-20-18-23(12-14-25(20)31-4)28(16-8-5-9-17-28)24-13-15-26(21(2)19-24)32-27(30)11-7-6-10-22(3)29/h12-15,18-19H,5-11,16-17H2,1-4H3. The van der Waals surface area contributed by atoms with Gasteiger partial charge in [-0.2, -0.15) is 0 Å². The summed E-state index contributed by atoms with van der Waals surface area (Å²) in [5.74, 6) is 1.47. The fraction of sp³-hybridized carbons (Fsp3) is 0.500. The average molecular weight is 437 g/mol. The smallest absolute Gasteiger partial charge is 0.311 e. The first-order valence-corrected chi connectivity index (χ1v) is 11.8. The predicted octanol–water partition coefficient (Wildman–Crippen LogP) is 6.62. The Bertz CT molecular complexity index is 954. The number of carbonyl (C=O) groups excluding carboxylic acids is 2. The van der Waals surface area contributed by atoms with E-state index in [0.717, 1.165) is 36.1 Å². The second-order valence-electron chi connectivity index (χ2n) is 9.19. The normalized spacial score (nSPS) is 15.2. The fourth-order valence-corrected chi connectivity index (χ4v) is 4.95. The summed E-state index contributed by atoms with van der Waals surface area (Å²) in [6.07, 6.45) is 8.19. The largest absolute Gasteiger partial charge is 0.496 e. The fourth-order valence-electron chi connectivity index (χ4n) is 4.95. The number of rotatable bonds is 9. The predicted molar refractivity (Wildman–Crippen MR) is 128 cm³/mol. The molecule has 0 unspecified atom stereocenters. The van der Waals surface area contributed by atoms with E-state index < -0.39 is 0 Å². The van der Waals surface area contributed by atoms with E-state index in [1.54, 1.807) is 14.0 Å². The quantitative estimate of drug-likeness (QED) is 0.252. The summed E-state index contributed by atoms with van der Waals surface area (Å²) in [5, 5.41) is 0. The van der Waals surface area contributed by atoms with Crippen LogP contribution < -0.4 is 9.47 Å². The van der Waals surface area contributed by atoms with Crippen molar-refractivity contribution < 1.29 is 19.1 Å². The molecule has 4 nitrogen and oxygen atoms in total. The van der Waals surface area contributed by atoms with E-state index in [1.165, 1.54) is 30.4 Å². The zero-order valence-corrected chi connectivity index (χ0v) is 20.0. The van der Waals surface area contributed by atoms with Gasteiger partial charge in [0.05, 0.1) is 7.11 Å². The van der Waals surface area contributed by atoms with Crippen LogP contribution in [0.25, 0.3) is 0 Å². The van der Waals surface area contributed by atoms with Gasteiger partial charge in [-0.05, 0) is 80.8 Å². The number of benzene rings is 2. The molecule has 3 rings (SSSR count). The van der Waals surface area contributed by atoms with Crippen LogP contribution in [0.2, 0.25) is 0 Å². The summed E-state index contributed by atoms with van der Waals surface area (Å²) in [5.41, 5.74) is 4.75. The van der Waals surface area contributed by atoms with Crippen LogP contribution in [0.1, 0.15) is 87.0 Å². The van der Waals surface area contributed by atoms with E-state index in [0.29, 0.717) is 25.0 Å². The van der Waals surface area contributed by atoms with Gasteiger partial charge in [0.15, 0.2) is 0 Å². The Morgan fingerprint density at radius 2 is 1.41 bits per heavy atom. The van der Waals surface area contributed by atoms with Crippen molar-refractivity contribution in [2.75, 3.05) is 7.11 Å². The third-order valence-corrected chi connectivity index (χ3v) is 6.77. The Morgan fingerprint density at radius 1 is 0.844 bits per heavy atom. The van der Waals surface area contributed by atoms with Crippen molar-refractivity contribution in [2.24, 2.45) is 0 Å². The lowest BCUT2D eigenvalue weighted by atomic mass is 9.65. The molecule has 2 aromatic carbocycles. The summed E-state index contributed by atoms with van der Waals surface area (Å²) in [7, 11) is 1.71. The maximum atomic E-state index is 12.3. The molecule has 0 aromatic heterocycles. The lowest BCUT2D eigenvalue weighted by Gasteiger charge is -2.39. The van der Waals surface area contributed by atoms with Crippen LogP contribution >= 0.6 is 0 Å². The summed E-state index contributed by atoms with van der Waals surface area (Å²) in [6.45, 7) is 5.69. The summed E-state index contributed by atoms with van der Waals surface area (Å²) in [6, 6.07) is 12.8. The van der Waals surface area contributed by atoms with Crippen LogP contribution in [0.3, 0.4) is 0 Å². The summed E-state index contributed by atoms with van der Waals surface area (Å²) < 4.78 is 11.1. The third-order valence-electron chi connectivity index (χ3n) is 6.77. The molecule has 1 fully saturated rings. The Labute approximate surface area is 192 Å². The first-order valence-electron chi connectivity index (χ1n) is 11.8. The Morgan fingerprint density at radius 3 is 1.94 bits per heavy atom. The van der Waals surface area contributed by atoms with Gasteiger partial charge in [-0.3, -0.25) is 4.79 Å². The van der Waals surface area contributed by atoms with Gasteiger partial charge in [0, 0.05) is 18.3 Å². The molecular formula is C28H36O4. The van der Waals surface area contributed by atoms with Crippen LogP contribution in [0.5, 0.6) is 11.5 Å². The maximum Gasteiger partial charge on any atom is 0.311 e. The molecule has 0 radical (unpaired) electrons. The molecule has 172 valence electrons. The number of ether oxygens (including phenoxy) is 2. The van der Waals surface area contributed by atoms with Crippen molar-refractivity contribution >= 4 is 11.8 Å². The second-order valence-corrected chi connectivity index (χ2v) is 9.19. The molecule has 2 aromatic rings. The van der Waals surface area contributed by atoms with Crippen molar-refractivity contribution in [3.63, 3.8) is 0 Å². The topological polar surface area (TPSA) is 52.6 Å². The van der Waals surface area contributed by atoms with E-state index in [1.807, 2.05) is 13.0 Å². The first-order chi connectivity index (χ1) is 15.4. The Balaban J connectivity index is 1.80. The van der Waals surface area contributed by atoms with Crippen LogP contribution in [-0.4, -0.2) is 18.9 Å². The highest BCUT2D eigenvalue weighted by Gasteiger charge is 2.36. The van der Waals surface area contributed by atoms with E-state index >= 15 is 0 Å². The number of hydrogen-bond acceptors (Lipinski definition) is 4. The lowest BCUT2D eigenvalue weighted by Crippen LogP contribution is -2.30. The van der Waals surface area contributed by atoms with Gasteiger partial charge in [-0.15, -0.1) is 0 Å². The van der Waals surface area contributed by atoms with Crippen LogP contribution in [-0.2, 0) is 15.0 Å². The Kier molecular flexibility index (Phi) is 8.11. The number of aryl methyl sites for hydroxylation is 2. The molecule has 0 amide bonds. The number of unbranched alkanes of at least 4 members (excludes halogenated alkanes) is 1. The lowest BCUT2D eigenvalue weighted by molar-refractivity contribution is -0.134. The molecule has 0 aliphatic heterocycles. The minimum absolute atomic E-state index is 0.0186. The number of hydrogen-bond donors (Lipinski definition) is 0. The highest BCUT2D eigenvalue weighted by atomic mass is 16.5. The first kappa shape index (κ1) is 24.0. The van der Waals surface area contributed by atoms with Crippen LogP contribution in [0.15, 0.2) is 36.4 Å². The molecule has 0 saturated heterocycles. The van der Waals surface area contributed by atoms with Gasteiger partial charge in [-0.1, -0.05) is 43.5 Å². The monoisotopic (exact) mass is 436 g/mol. The van der Waals surface area contributed by atoms with Gasteiger partial charge in [0.25, 0.3) is 0 Å². The number of esters is 1. The number of ketones is 1. The minimum Gasteiger partial charge on any atom is -0.496 e. The number of carbonyl (C=O) groups is 2. The third kappa shape index (κ3) is 5.59. The highest BCUT2D eigenvalue weighted by Crippen LogP contribution is 2.46. The molecule has 0 spiro atoms. The van der Waals surface area contributed by atoms with Gasteiger partial charge >= 0.3 is 5.97 Å². The maximum absolute atomic E-state index is 12.3. The van der Waals surface area contributed by atoms with Crippen molar-refractivity contribution in [1.29, 1.82) is 0 Å². The SMILES string of the molecule is COc1ccc(C2(c3ccc(OC(=O)CCCCC(C)=O)c(C)c3)CCCCC2)cc1C. The van der Waals surface area contributed by atoms with E-state index in [4.69, 9.17) is 9.47 Å². The number of Topliss-reactive ketones (excluding diaryl/α,β-unsaturated/α-hetero) is 1. The average Bonchev–Trinajstić information content (AvgIpc) is 2.78. The van der Waals surface area contributed by atoms with Crippen molar-refractivity contribution in [2.45, 2.75) is 84.0 Å². The highest BCUT2D eigenvalue weighted by molar-refractivity contribution is 5.75. The van der Waals surface area contributed by atoms with Crippen molar-refractivity contribution in [3.8, 4) is 11.5 Å². The number of methoxy groups -OCH3 is 1. The van der Waals surface area contributed by atoms with Crippen molar-refractivity contribution in [3.05, 3.63) is 58.7 Å². The molecule has 0 atom stereocenters. The molecule has 0 N–H and O–H groups in total. The molecule has 4 heteroatoms. The molecule has 1 saturated carbocycles. The second kappa shape index (κ2) is 10.8. The zero-order valence-electron chi connectivity index (χ0n) is 20.0. The van der Waals surface area contributed by atoms with Crippen LogP contribution in [0.4, 0.5) is 0 Å². The van der Waals surface area contributed by atoms with E-state index in [2.05, 4.69) is 37.3 Å². The van der Waals surface area contributed by atoms with E-state index in [-0.39, 0.29) is 17.2 Å². The van der Waals surface area contributed by atoms with Gasteiger partial charge in [0.1, 0.15) is 17.3 Å². The molecule has 0 heterocycles. The van der Waals surface area contributed by atoms with E-state index in [9.17, 15) is 9.59 Å². The van der Waals surface area contributed by atoms with Crippen LogP contribution in [0, 0.1) is 13.8 Å². The van der Waals surface area contributed by atoms with Gasteiger partial charge in [0.2, 0.25) is 0 Å². The minimum atomic E-state index is -0.234. The molecule has 32 heavy (non-hydrogen) atoms. The Hall–Kier alpha value is -2.62. The molecular weight excluding hydrogens is 400 g/mol. The summed E-state index contributed by atoms with van der Waals surface area (Å²) in [4.78, 5) is 23.3. The molecule has 0 bridgehead atoms. The van der Waals surface area contributed by atoms with Gasteiger partial charge < -0.3 is 14.3 Å².